The van der Waals surface area contributed by atoms with E-state index in [9.17, 15) is 4.79 Å². The van der Waals surface area contributed by atoms with E-state index < -0.39 is 5.97 Å². The van der Waals surface area contributed by atoms with Gasteiger partial charge in [-0.05, 0) is 6.07 Å². The van der Waals surface area contributed by atoms with Crippen LogP contribution >= 0.6 is 11.6 Å². The lowest BCUT2D eigenvalue weighted by Gasteiger charge is -1.99. The molecule has 0 fully saturated rings. The van der Waals surface area contributed by atoms with Gasteiger partial charge in [-0.1, -0.05) is 11.6 Å². The van der Waals surface area contributed by atoms with Gasteiger partial charge in [-0.2, -0.15) is 0 Å². The van der Waals surface area contributed by atoms with Crippen LogP contribution in [0.2, 0.25) is 5.15 Å². The van der Waals surface area contributed by atoms with Gasteiger partial charge in [-0.3, -0.25) is 0 Å². The molecule has 2 heterocycles. The average molecular weight is 211 g/mol. The minimum absolute atomic E-state index is 0.290. The first-order chi connectivity index (χ1) is 6.74. The summed E-state index contributed by atoms with van der Waals surface area (Å²) in [4.78, 5) is 15.2. The van der Waals surface area contributed by atoms with Gasteiger partial charge in [0, 0.05) is 18.6 Å². The topological polar surface area (TPSA) is 43.6 Å². The lowest BCUT2D eigenvalue weighted by atomic mass is 10.3. The summed E-state index contributed by atoms with van der Waals surface area (Å²) >= 11 is 5.86. The van der Waals surface area contributed by atoms with Crippen LogP contribution in [0.1, 0.15) is 10.4 Å². The Balaban J connectivity index is 2.73. The summed E-state index contributed by atoms with van der Waals surface area (Å²) in [7, 11) is 1.33. The molecule has 0 unspecified atom stereocenters. The summed E-state index contributed by atoms with van der Waals surface area (Å²) < 4.78 is 6.34. The zero-order chi connectivity index (χ0) is 10.1. The fourth-order valence-corrected chi connectivity index (χ4v) is 1.55. The van der Waals surface area contributed by atoms with E-state index in [2.05, 4.69) is 9.72 Å². The Morgan fingerprint density at radius 1 is 1.57 bits per heavy atom. The maximum Gasteiger partial charge on any atom is 0.340 e. The number of carbonyl (C=O) groups excluding carboxylic acids is 1. The van der Waals surface area contributed by atoms with Crippen molar-refractivity contribution in [3.8, 4) is 0 Å². The number of carbonyl (C=O) groups is 1. The van der Waals surface area contributed by atoms with Gasteiger partial charge in [0.15, 0.2) is 5.15 Å². The predicted molar refractivity (Wildman–Crippen MR) is 51.5 cm³/mol. The lowest BCUT2D eigenvalue weighted by Crippen LogP contribution is -2.01. The van der Waals surface area contributed by atoms with Crippen molar-refractivity contribution in [2.45, 2.75) is 0 Å². The van der Waals surface area contributed by atoms with Gasteiger partial charge in [0.05, 0.1) is 18.2 Å². The van der Waals surface area contributed by atoms with Gasteiger partial charge in [-0.15, -0.1) is 0 Å². The Bertz CT molecular complexity index is 493. The lowest BCUT2D eigenvalue weighted by molar-refractivity contribution is 0.0603. The maximum atomic E-state index is 11.3. The predicted octanol–water partition coefficient (Wildman–Crippen LogP) is 1.77. The smallest absolute Gasteiger partial charge is 0.340 e. The van der Waals surface area contributed by atoms with E-state index in [0.29, 0.717) is 11.1 Å². The SMILES string of the molecule is COC(=O)c1ccn2ccnc(Cl)c12. The largest absolute Gasteiger partial charge is 0.465 e. The Morgan fingerprint density at radius 2 is 2.36 bits per heavy atom. The molecule has 2 rings (SSSR count). The minimum atomic E-state index is -0.414. The highest BCUT2D eigenvalue weighted by molar-refractivity contribution is 6.33. The molecule has 2 aromatic rings. The van der Waals surface area contributed by atoms with Gasteiger partial charge < -0.3 is 9.14 Å². The first-order valence-electron chi connectivity index (χ1n) is 3.93. The third-order valence-corrected chi connectivity index (χ3v) is 2.21. The van der Waals surface area contributed by atoms with Crippen LogP contribution in [-0.4, -0.2) is 22.5 Å². The van der Waals surface area contributed by atoms with Crippen molar-refractivity contribution in [2.75, 3.05) is 7.11 Å². The minimum Gasteiger partial charge on any atom is -0.465 e. The molecule has 0 aromatic carbocycles. The number of nitrogens with zero attached hydrogens (tertiary/aromatic N) is 2. The normalized spacial score (nSPS) is 10.4. The molecule has 0 bridgehead atoms. The molecular weight excluding hydrogens is 204 g/mol. The molecule has 0 N–H and O–H groups in total. The molecular formula is C9H7ClN2O2. The molecule has 5 heteroatoms. The average Bonchev–Trinajstić information content (AvgIpc) is 2.62. The number of halogens is 1. The highest BCUT2D eigenvalue weighted by Crippen LogP contribution is 2.20. The van der Waals surface area contributed by atoms with Crippen molar-refractivity contribution >= 4 is 23.1 Å². The number of ether oxygens (including phenoxy) is 1. The van der Waals surface area contributed by atoms with Crippen LogP contribution in [0.25, 0.3) is 5.52 Å². The van der Waals surface area contributed by atoms with Crippen LogP contribution in [0.5, 0.6) is 0 Å². The second kappa shape index (κ2) is 3.31. The molecule has 0 aliphatic rings. The van der Waals surface area contributed by atoms with E-state index >= 15 is 0 Å². The van der Waals surface area contributed by atoms with Crippen LogP contribution in [0, 0.1) is 0 Å². The molecule has 0 radical (unpaired) electrons. The van der Waals surface area contributed by atoms with Crippen molar-refractivity contribution in [1.29, 1.82) is 0 Å². The number of esters is 1. The van der Waals surface area contributed by atoms with Gasteiger partial charge in [0.25, 0.3) is 0 Å². The second-order valence-corrected chi connectivity index (χ2v) is 3.05. The molecule has 0 aliphatic heterocycles. The molecule has 72 valence electrons. The summed E-state index contributed by atoms with van der Waals surface area (Å²) in [6, 6.07) is 1.65. The Labute approximate surface area is 85.1 Å². The summed E-state index contributed by atoms with van der Waals surface area (Å²) in [6.45, 7) is 0. The van der Waals surface area contributed by atoms with Crippen molar-refractivity contribution in [3.05, 3.63) is 35.4 Å². The van der Waals surface area contributed by atoms with E-state index in [4.69, 9.17) is 11.6 Å². The van der Waals surface area contributed by atoms with Crippen LogP contribution in [0.3, 0.4) is 0 Å². The van der Waals surface area contributed by atoms with Crippen LogP contribution in [-0.2, 0) is 4.74 Å². The molecule has 0 atom stereocenters. The van der Waals surface area contributed by atoms with Gasteiger partial charge in [0.1, 0.15) is 0 Å². The standard InChI is InChI=1S/C9H7ClN2O2/c1-14-9(13)6-2-4-12-5-3-11-8(10)7(6)12/h2-5H,1H3. The molecule has 0 saturated carbocycles. The molecule has 14 heavy (non-hydrogen) atoms. The van der Waals surface area contributed by atoms with E-state index in [-0.39, 0.29) is 5.15 Å². The summed E-state index contributed by atoms with van der Waals surface area (Å²) in [5, 5.41) is 0.290. The molecule has 4 nitrogen and oxygen atoms in total. The Hall–Kier alpha value is -1.55. The Kier molecular flexibility index (Phi) is 2.13. The summed E-state index contributed by atoms with van der Waals surface area (Å²) in [5.41, 5.74) is 0.992. The van der Waals surface area contributed by atoms with Crippen molar-refractivity contribution in [3.63, 3.8) is 0 Å². The highest BCUT2D eigenvalue weighted by Gasteiger charge is 2.14. The maximum absolute atomic E-state index is 11.3. The fourth-order valence-electron chi connectivity index (χ4n) is 1.30. The van der Waals surface area contributed by atoms with Gasteiger partial charge >= 0.3 is 5.97 Å². The molecule has 0 spiro atoms. The Morgan fingerprint density at radius 3 is 3.07 bits per heavy atom. The zero-order valence-electron chi connectivity index (χ0n) is 7.40. The third-order valence-electron chi connectivity index (χ3n) is 1.93. The van der Waals surface area contributed by atoms with E-state index in [1.54, 1.807) is 29.1 Å². The number of fused-ring (bicyclic) bond motifs is 1. The summed E-state index contributed by atoms with van der Waals surface area (Å²) in [5.74, 6) is -0.414. The first-order valence-corrected chi connectivity index (χ1v) is 4.31. The first kappa shape index (κ1) is 9.02. The molecule has 0 aliphatic carbocycles. The quantitative estimate of drug-likeness (QED) is 0.674. The van der Waals surface area contributed by atoms with Crippen molar-refractivity contribution in [1.82, 2.24) is 9.38 Å². The third kappa shape index (κ3) is 1.24. The molecule has 0 amide bonds. The van der Waals surface area contributed by atoms with Gasteiger partial charge in [0.2, 0.25) is 0 Å². The highest BCUT2D eigenvalue weighted by atomic mass is 35.5. The van der Waals surface area contributed by atoms with E-state index in [1.807, 2.05) is 0 Å². The van der Waals surface area contributed by atoms with Crippen molar-refractivity contribution < 1.29 is 9.53 Å². The number of methoxy groups -OCH3 is 1. The van der Waals surface area contributed by atoms with E-state index in [0.717, 1.165) is 0 Å². The van der Waals surface area contributed by atoms with Gasteiger partial charge in [-0.25, -0.2) is 9.78 Å². The van der Waals surface area contributed by atoms with Crippen LogP contribution in [0.4, 0.5) is 0 Å². The number of hydrogen-bond acceptors (Lipinski definition) is 3. The zero-order valence-corrected chi connectivity index (χ0v) is 8.15. The number of rotatable bonds is 1. The van der Waals surface area contributed by atoms with E-state index in [1.165, 1.54) is 7.11 Å². The second-order valence-electron chi connectivity index (χ2n) is 2.69. The number of aromatic nitrogens is 2. The van der Waals surface area contributed by atoms with Crippen LogP contribution in [0.15, 0.2) is 24.7 Å². The fraction of sp³-hybridized carbons (Fsp3) is 0.111. The number of hydrogen-bond donors (Lipinski definition) is 0. The summed E-state index contributed by atoms with van der Waals surface area (Å²) in [6.07, 6.45) is 5.01. The monoisotopic (exact) mass is 210 g/mol. The molecule has 0 saturated heterocycles. The van der Waals surface area contributed by atoms with Crippen molar-refractivity contribution in [2.24, 2.45) is 0 Å². The van der Waals surface area contributed by atoms with Crippen LogP contribution < -0.4 is 0 Å². The molecule has 2 aromatic heterocycles.